The van der Waals surface area contributed by atoms with Crippen LogP contribution in [0.4, 0.5) is 11.4 Å². The van der Waals surface area contributed by atoms with Gasteiger partial charge in [-0.25, -0.2) is 4.98 Å². The second-order valence-corrected chi connectivity index (χ2v) is 12.4. The summed E-state index contributed by atoms with van der Waals surface area (Å²) >= 11 is 6.92. The van der Waals surface area contributed by atoms with Crippen molar-refractivity contribution in [2.75, 3.05) is 38.4 Å². The number of ether oxygens (including phenoxy) is 2. The molecule has 3 aromatic heterocycles. The molecule has 13 heteroatoms. The number of pyridine rings is 2. The number of benzene rings is 2. The number of fused-ring (bicyclic) bond motifs is 1. The quantitative estimate of drug-likeness (QED) is 0.161. The average molecular weight is 695 g/mol. The highest BCUT2D eigenvalue weighted by Gasteiger charge is 2.25. The van der Waals surface area contributed by atoms with Gasteiger partial charge < -0.3 is 34.9 Å². The van der Waals surface area contributed by atoms with Gasteiger partial charge in [0.2, 0.25) is 0 Å². The highest BCUT2D eigenvalue weighted by molar-refractivity contribution is 6.36. The zero-order valence-corrected chi connectivity index (χ0v) is 29.4. The Kier molecular flexibility index (Phi) is 10.4. The zero-order valence-electron chi connectivity index (χ0n) is 28.6. The third kappa shape index (κ3) is 7.18. The molecule has 3 N–H and O–H groups in total. The van der Waals surface area contributed by atoms with Crippen molar-refractivity contribution < 1.29 is 19.1 Å². The molecule has 2 aromatic carbocycles. The van der Waals surface area contributed by atoms with Crippen LogP contribution in [0.3, 0.4) is 0 Å². The van der Waals surface area contributed by atoms with E-state index in [2.05, 4.69) is 35.8 Å². The lowest BCUT2D eigenvalue weighted by Crippen LogP contribution is -2.27. The van der Waals surface area contributed by atoms with Crippen molar-refractivity contribution in [2.24, 2.45) is 7.05 Å². The van der Waals surface area contributed by atoms with Gasteiger partial charge in [-0.15, -0.1) is 0 Å². The molecule has 1 aliphatic heterocycles. The van der Waals surface area contributed by atoms with Crippen LogP contribution in [0.5, 0.6) is 11.5 Å². The van der Waals surface area contributed by atoms with Crippen LogP contribution in [0, 0.1) is 6.92 Å². The van der Waals surface area contributed by atoms with Gasteiger partial charge in [-0.1, -0.05) is 35.9 Å². The van der Waals surface area contributed by atoms with E-state index in [1.54, 1.807) is 38.7 Å². The molecule has 258 valence electrons. The van der Waals surface area contributed by atoms with Crippen molar-refractivity contribution in [1.82, 2.24) is 29.7 Å². The van der Waals surface area contributed by atoms with E-state index >= 15 is 0 Å². The summed E-state index contributed by atoms with van der Waals surface area (Å²) < 4.78 is 12.8. The number of imidazole rings is 1. The van der Waals surface area contributed by atoms with E-state index in [9.17, 15) is 9.59 Å². The van der Waals surface area contributed by atoms with E-state index in [1.807, 2.05) is 68.1 Å². The summed E-state index contributed by atoms with van der Waals surface area (Å²) in [7, 11) is 7.07. The number of hydrogen-bond donors (Lipinski definition) is 3. The SMILES string of the molecule is COc1cc(C(=O)Nc2cccc(-c3cccc(NC(=O)c4nc5c(n4C)CCN(C)C5)c3Cl)c2C)ncc1CNCc1ncccc1OC. The van der Waals surface area contributed by atoms with Gasteiger partial charge in [0.15, 0.2) is 5.82 Å². The molecule has 0 atom stereocenters. The molecule has 5 aromatic rings. The van der Waals surface area contributed by atoms with E-state index in [4.69, 9.17) is 21.1 Å². The van der Waals surface area contributed by atoms with Crippen molar-refractivity contribution in [3.8, 4) is 22.6 Å². The standard InChI is InChI=1S/C37H39ClN8O4/c1-22-24(25-10-7-12-27(34(25)38)44-37(48)35-42-30-21-45(2)16-14-31(30)46(35)3)9-6-11-26(22)43-36(47)28-17-33(50-5)23(19-41-28)18-39-20-29-32(49-4)13-8-15-40-29/h6-13,15,17,19,39H,14,16,18,20-21H2,1-5H3,(H,43,47)(H,44,48). The third-order valence-corrected chi connectivity index (χ3v) is 9.25. The minimum atomic E-state index is -0.391. The summed E-state index contributed by atoms with van der Waals surface area (Å²) in [5.74, 6) is 0.842. The van der Waals surface area contributed by atoms with Crippen LogP contribution in [0.15, 0.2) is 67.0 Å². The predicted octanol–water partition coefficient (Wildman–Crippen LogP) is 5.64. The summed E-state index contributed by atoms with van der Waals surface area (Å²) in [5.41, 5.74) is 7.12. The molecular weight excluding hydrogens is 656 g/mol. The number of carbonyl (C=O) groups excluding carboxylic acids is 2. The first kappa shape index (κ1) is 34.6. The number of amides is 2. The van der Waals surface area contributed by atoms with Crippen LogP contribution in [0.25, 0.3) is 11.1 Å². The van der Waals surface area contributed by atoms with Crippen LogP contribution in [-0.2, 0) is 33.1 Å². The summed E-state index contributed by atoms with van der Waals surface area (Å²) in [5, 5.41) is 9.64. The lowest BCUT2D eigenvalue weighted by Gasteiger charge is -2.21. The molecular formula is C37H39ClN8O4. The van der Waals surface area contributed by atoms with Crippen LogP contribution in [0.1, 0.15) is 49.3 Å². The maximum Gasteiger partial charge on any atom is 0.291 e. The van der Waals surface area contributed by atoms with Crippen molar-refractivity contribution in [1.29, 1.82) is 0 Å². The monoisotopic (exact) mass is 694 g/mol. The molecule has 4 heterocycles. The van der Waals surface area contributed by atoms with E-state index in [0.29, 0.717) is 58.9 Å². The van der Waals surface area contributed by atoms with E-state index in [0.717, 1.165) is 46.7 Å². The molecule has 0 fully saturated rings. The van der Waals surface area contributed by atoms with Gasteiger partial charge in [0.1, 0.15) is 17.2 Å². The molecule has 0 radical (unpaired) electrons. The first-order valence-electron chi connectivity index (χ1n) is 16.1. The van der Waals surface area contributed by atoms with Crippen molar-refractivity contribution in [2.45, 2.75) is 33.0 Å². The Morgan fingerprint density at radius 2 is 1.64 bits per heavy atom. The lowest BCUT2D eigenvalue weighted by molar-refractivity contribution is 0.100. The molecule has 0 bridgehead atoms. The lowest BCUT2D eigenvalue weighted by atomic mass is 9.98. The first-order valence-corrected chi connectivity index (χ1v) is 16.5. The Balaban J connectivity index is 1.16. The van der Waals surface area contributed by atoms with Gasteiger partial charge in [-0.3, -0.25) is 19.6 Å². The molecule has 12 nitrogen and oxygen atoms in total. The fraction of sp³-hybridized carbons (Fsp3) is 0.270. The molecule has 0 unspecified atom stereocenters. The molecule has 2 amide bonds. The van der Waals surface area contributed by atoms with Crippen LogP contribution in [-0.4, -0.2) is 64.0 Å². The van der Waals surface area contributed by atoms with Gasteiger partial charge in [-0.2, -0.15) is 0 Å². The summed E-state index contributed by atoms with van der Waals surface area (Å²) in [6.07, 6.45) is 4.17. The highest BCUT2D eigenvalue weighted by atomic mass is 35.5. The Labute approximate surface area is 295 Å². The van der Waals surface area contributed by atoms with Gasteiger partial charge in [0, 0.05) is 80.6 Å². The number of nitrogens with one attached hydrogen (secondary N) is 3. The van der Waals surface area contributed by atoms with Crippen molar-refractivity contribution in [3.63, 3.8) is 0 Å². The third-order valence-electron chi connectivity index (χ3n) is 8.84. The van der Waals surface area contributed by atoms with Crippen molar-refractivity contribution in [3.05, 3.63) is 112 Å². The van der Waals surface area contributed by atoms with Gasteiger partial charge >= 0.3 is 0 Å². The minimum Gasteiger partial charge on any atom is -0.496 e. The molecule has 0 spiro atoms. The maximum absolute atomic E-state index is 13.4. The number of carbonyl (C=O) groups is 2. The fourth-order valence-electron chi connectivity index (χ4n) is 6.10. The smallest absolute Gasteiger partial charge is 0.291 e. The highest BCUT2D eigenvalue weighted by Crippen LogP contribution is 2.38. The van der Waals surface area contributed by atoms with Crippen LogP contribution >= 0.6 is 11.6 Å². The minimum absolute atomic E-state index is 0.201. The summed E-state index contributed by atoms with van der Waals surface area (Å²) in [4.78, 5) is 42.4. The number of aromatic nitrogens is 4. The summed E-state index contributed by atoms with van der Waals surface area (Å²) in [6.45, 7) is 4.45. The zero-order chi connectivity index (χ0) is 35.4. The molecule has 6 rings (SSSR count). The second kappa shape index (κ2) is 15.1. The Morgan fingerprint density at radius 1 is 0.900 bits per heavy atom. The van der Waals surface area contributed by atoms with Crippen LogP contribution in [0.2, 0.25) is 5.02 Å². The second-order valence-electron chi connectivity index (χ2n) is 12.1. The topological polar surface area (TPSA) is 136 Å². The van der Waals surface area contributed by atoms with Crippen LogP contribution < -0.4 is 25.4 Å². The molecule has 0 saturated heterocycles. The van der Waals surface area contributed by atoms with Crippen molar-refractivity contribution >= 4 is 34.8 Å². The number of anilines is 2. The Morgan fingerprint density at radius 3 is 2.42 bits per heavy atom. The number of methoxy groups -OCH3 is 2. The predicted molar refractivity (Wildman–Crippen MR) is 193 cm³/mol. The maximum atomic E-state index is 13.4. The molecule has 0 saturated carbocycles. The number of likely N-dealkylation sites (N-methyl/N-ethyl adjacent to an activating group) is 1. The van der Waals surface area contributed by atoms with E-state index in [-0.39, 0.29) is 11.6 Å². The van der Waals surface area contributed by atoms with Gasteiger partial charge in [-0.05, 0) is 49.4 Å². The summed E-state index contributed by atoms with van der Waals surface area (Å²) in [6, 6.07) is 16.3. The Bertz CT molecular complexity index is 2060. The first-order chi connectivity index (χ1) is 24.2. The number of nitrogens with zero attached hydrogens (tertiary/aromatic N) is 5. The number of halogens is 1. The average Bonchev–Trinajstić information content (AvgIpc) is 3.45. The van der Waals surface area contributed by atoms with Gasteiger partial charge in [0.05, 0.1) is 36.3 Å². The normalized spacial score (nSPS) is 12.7. The molecule has 50 heavy (non-hydrogen) atoms. The largest absolute Gasteiger partial charge is 0.496 e. The number of hydrogen-bond acceptors (Lipinski definition) is 9. The number of rotatable bonds is 11. The van der Waals surface area contributed by atoms with E-state index < -0.39 is 5.91 Å². The fourth-order valence-corrected chi connectivity index (χ4v) is 6.37. The van der Waals surface area contributed by atoms with Gasteiger partial charge in [0.25, 0.3) is 11.8 Å². The molecule has 1 aliphatic rings. The van der Waals surface area contributed by atoms with E-state index in [1.165, 1.54) is 0 Å². The Hall–Kier alpha value is -5.30. The molecule has 0 aliphatic carbocycles.